The molecule has 1 aliphatic rings. The zero-order chi connectivity index (χ0) is 26.8. The molecule has 5 rings (SSSR count). The molecular weight excluding hydrogens is 486 g/mol. The first-order valence-corrected chi connectivity index (χ1v) is 11.7. The summed E-state index contributed by atoms with van der Waals surface area (Å²) in [5, 5.41) is 49.2. The first-order chi connectivity index (χ1) is 18.4. The normalized spacial score (nSPS) is 15.7. The summed E-state index contributed by atoms with van der Waals surface area (Å²) in [6.45, 7) is 0.199. The van der Waals surface area contributed by atoms with Gasteiger partial charge in [-0.3, -0.25) is 14.9 Å². The van der Waals surface area contributed by atoms with Crippen LogP contribution in [0, 0.1) is 27.4 Å². The van der Waals surface area contributed by atoms with E-state index in [1.165, 1.54) is 6.07 Å². The molecule has 9 nitrogen and oxygen atoms in total. The van der Waals surface area contributed by atoms with E-state index < -0.39 is 34.4 Å². The van der Waals surface area contributed by atoms with E-state index in [9.17, 15) is 30.4 Å². The second-order valence-corrected chi connectivity index (χ2v) is 8.77. The van der Waals surface area contributed by atoms with Crippen molar-refractivity contribution in [1.29, 1.82) is 5.26 Å². The average molecular weight is 506 g/mol. The number of carbonyl (C=O) groups excluding carboxylic acids is 1. The minimum atomic E-state index is -1.43. The fourth-order valence-corrected chi connectivity index (χ4v) is 4.59. The van der Waals surface area contributed by atoms with Gasteiger partial charge in [-0.2, -0.15) is 5.26 Å². The van der Waals surface area contributed by atoms with Gasteiger partial charge in [0.2, 0.25) is 0 Å². The first-order valence-electron chi connectivity index (χ1n) is 11.7. The Morgan fingerprint density at radius 1 is 1.05 bits per heavy atom. The number of ether oxygens (including phenoxy) is 1. The topological polar surface area (TPSA) is 149 Å². The van der Waals surface area contributed by atoms with Gasteiger partial charge in [0.25, 0.3) is 5.69 Å². The van der Waals surface area contributed by atoms with Crippen molar-refractivity contribution in [3.8, 4) is 6.07 Å². The van der Waals surface area contributed by atoms with Crippen LogP contribution in [-0.2, 0) is 11.3 Å². The van der Waals surface area contributed by atoms with Gasteiger partial charge in [0.15, 0.2) is 11.7 Å². The number of fused-ring (bicyclic) bond motifs is 2. The smallest absolute Gasteiger partial charge is 0.270 e. The van der Waals surface area contributed by atoms with Crippen molar-refractivity contribution < 1.29 is 24.7 Å². The Kier molecular flexibility index (Phi) is 6.47. The molecule has 1 aliphatic heterocycles. The highest BCUT2D eigenvalue weighted by Crippen LogP contribution is 2.40. The quantitative estimate of drug-likeness (QED) is 0.156. The molecule has 0 amide bonds. The maximum atomic E-state index is 13.8. The molecule has 2 unspecified atom stereocenters. The molecular formula is C29H20N3O6-. The van der Waals surface area contributed by atoms with Gasteiger partial charge < -0.3 is 20.3 Å². The van der Waals surface area contributed by atoms with Crippen LogP contribution < -0.4 is 10.4 Å². The predicted molar refractivity (Wildman–Crippen MR) is 137 cm³/mol. The fraction of sp³-hybridized carbons (Fsp3) is 0.103. The Hall–Kier alpha value is -5.20. The highest BCUT2D eigenvalue weighted by molar-refractivity contribution is 6.03. The third kappa shape index (κ3) is 4.52. The second-order valence-electron chi connectivity index (χ2n) is 8.77. The molecule has 0 saturated carbocycles. The number of aliphatic hydroxyl groups excluding tert-OH is 1. The molecule has 4 aromatic rings. The lowest BCUT2D eigenvalue weighted by Crippen LogP contribution is -2.32. The molecule has 0 fully saturated rings. The van der Waals surface area contributed by atoms with Crippen molar-refractivity contribution >= 4 is 27.9 Å². The number of benzene rings is 4. The maximum Gasteiger partial charge on any atom is 0.270 e. The predicted octanol–water partition coefficient (Wildman–Crippen LogP) is 4.89. The van der Waals surface area contributed by atoms with Crippen LogP contribution in [0.4, 0.5) is 11.4 Å². The number of carbonyl (C=O) groups is 1. The third-order valence-electron chi connectivity index (χ3n) is 6.50. The summed E-state index contributed by atoms with van der Waals surface area (Å²) < 4.78 is 5.90. The number of rotatable bonds is 7. The number of hydrogen-bond acceptors (Lipinski definition) is 8. The van der Waals surface area contributed by atoms with Crippen LogP contribution in [0.1, 0.15) is 33.2 Å². The molecule has 188 valence electrons. The molecule has 2 N–H and O–H groups in total. The van der Waals surface area contributed by atoms with E-state index in [-0.39, 0.29) is 29.1 Å². The molecule has 0 aliphatic carbocycles. The number of aliphatic hydroxyl groups is 1. The summed E-state index contributed by atoms with van der Waals surface area (Å²) in [6.07, 6.45) is -0.950. The van der Waals surface area contributed by atoms with Crippen molar-refractivity contribution in [2.24, 2.45) is 5.92 Å². The van der Waals surface area contributed by atoms with Crippen LogP contribution in [0.5, 0.6) is 0 Å². The van der Waals surface area contributed by atoms with Crippen molar-refractivity contribution in [3.63, 3.8) is 0 Å². The van der Waals surface area contributed by atoms with Gasteiger partial charge in [-0.25, -0.2) is 0 Å². The van der Waals surface area contributed by atoms with E-state index in [1.807, 2.05) is 36.4 Å². The number of hydrogen-bond donors (Lipinski definition) is 2. The van der Waals surface area contributed by atoms with E-state index >= 15 is 0 Å². The van der Waals surface area contributed by atoms with Crippen LogP contribution in [-0.4, -0.2) is 15.8 Å². The number of nitriles is 1. The molecule has 0 spiro atoms. The van der Waals surface area contributed by atoms with Gasteiger partial charge in [-0.05, 0) is 34.0 Å². The maximum absolute atomic E-state index is 13.8. The van der Waals surface area contributed by atoms with Crippen molar-refractivity contribution in [3.05, 3.63) is 129 Å². The average Bonchev–Trinajstić information content (AvgIpc) is 3.36. The van der Waals surface area contributed by atoms with Gasteiger partial charge in [0.05, 0.1) is 34.8 Å². The summed E-state index contributed by atoms with van der Waals surface area (Å²) in [7, 11) is 0. The molecule has 1 heterocycles. The number of nitro groups is 1. The molecule has 4 aromatic carbocycles. The molecule has 0 aromatic heterocycles. The Labute approximate surface area is 217 Å². The first kappa shape index (κ1) is 24.5. The number of nitrogens with zero attached hydrogens (tertiary/aromatic N) is 2. The number of non-ortho nitro benzene ring substituents is 1. The molecule has 2 atom stereocenters. The number of ketones is 1. The molecule has 9 heteroatoms. The Bertz CT molecular complexity index is 1660. The summed E-state index contributed by atoms with van der Waals surface area (Å²) >= 11 is 0. The third-order valence-corrected chi connectivity index (χ3v) is 6.50. The Morgan fingerprint density at radius 2 is 1.79 bits per heavy atom. The number of Topliss-reactive ketones (excluding diaryl/α,β-unsaturated/α-hetero) is 1. The van der Waals surface area contributed by atoms with Crippen molar-refractivity contribution in [1.82, 2.24) is 0 Å². The van der Waals surface area contributed by atoms with Crippen LogP contribution in [0.3, 0.4) is 0 Å². The molecule has 0 radical (unpaired) electrons. The zero-order valence-electron chi connectivity index (χ0n) is 19.8. The minimum absolute atomic E-state index is 0.0198. The summed E-state index contributed by atoms with van der Waals surface area (Å²) in [5.74, 6) is -3.80. The Morgan fingerprint density at radius 3 is 2.55 bits per heavy atom. The zero-order valence-corrected chi connectivity index (χ0v) is 19.8. The number of nitrogens with one attached hydrogen (secondary N) is 1. The SMILES string of the molecule is N#Cc1cc([N+](=O)[O-])ccc1NC(O)=C([O-])C(C(=O)c1ccc2ccccc2c1)C1OCc2ccccc21. The lowest BCUT2D eigenvalue weighted by atomic mass is 9.86. The monoisotopic (exact) mass is 506 g/mol. The highest BCUT2D eigenvalue weighted by Gasteiger charge is 2.36. The second kappa shape index (κ2) is 10.0. The molecule has 0 saturated heterocycles. The van der Waals surface area contributed by atoms with Crippen LogP contribution in [0.2, 0.25) is 0 Å². The molecule has 0 bridgehead atoms. The van der Waals surface area contributed by atoms with Crippen LogP contribution in [0.15, 0.2) is 96.6 Å². The minimum Gasteiger partial charge on any atom is -0.871 e. The number of anilines is 1. The van der Waals surface area contributed by atoms with Gasteiger partial charge >= 0.3 is 0 Å². The van der Waals surface area contributed by atoms with Crippen molar-refractivity contribution in [2.45, 2.75) is 12.7 Å². The van der Waals surface area contributed by atoms with E-state index in [0.717, 1.165) is 28.5 Å². The van der Waals surface area contributed by atoms with E-state index in [2.05, 4.69) is 5.32 Å². The summed E-state index contributed by atoms with van der Waals surface area (Å²) in [6, 6.07) is 25.0. The van der Waals surface area contributed by atoms with E-state index in [0.29, 0.717) is 5.56 Å². The van der Waals surface area contributed by atoms with Gasteiger partial charge in [-0.15, -0.1) is 0 Å². The lowest BCUT2D eigenvalue weighted by Gasteiger charge is -2.30. The summed E-state index contributed by atoms with van der Waals surface area (Å²) in [4.78, 5) is 24.2. The van der Waals surface area contributed by atoms with Gasteiger partial charge in [-0.1, -0.05) is 66.4 Å². The highest BCUT2D eigenvalue weighted by atomic mass is 16.6. The fourth-order valence-electron chi connectivity index (χ4n) is 4.59. The summed E-state index contributed by atoms with van der Waals surface area (Å²) in [5.41, 5.74) is 1.28. The van der Waals surface area contributed by atoms with E-state index in [4.69, 9.17) is 4.74 Å². The van der Waals surface area contributed by atoms with E-state index in [1.54, 1.807) is 36.4 Å². The van der Waals surface area contributed by atoms with Crippen LogP contribution in [0.25, 0.3) is 10.8 Å². The molecule has 38 heavy (non-hydrogen) atoms. The largest absolute Gasteiger partial charge is 0.871 e. The van der Waals surface area contributed by atoms with Crippen molar-refractivity contribution in [2.75, 3.05) is 5.32 Å². The van der Waals surface area contributed by atoms with Gasteiger partial charge in [0, 0.05) is 17.7 Å². The lowest BCUT2D eigenvalue weighted by molar-refractivity contribution is -0.384. The van der Waals surface area contributed by atoms with Crippen LogP contribution >= 0.6 is 0 Å². The number of nitro benzene ring substituents is 1. The standard InChI is InChI=1S/C29H21N3O6/c30-15-21-14-22(32(36)37)11-12-24(21)31-29(35)27(34)25(28-23-8-4-3-7-20(23)16-38-28)26(33)19-10-9-17-5-1-2-6-18(17)13-19/h1-14,25,28,31,34-35H,16H2/p-1. The Balaban J connectivity index is 1.57. The van der Waals surface area contributed by atoms with Gasteiger partial charge in [0.1, 0.15) is 6.07 Å².